The van der Waals surface area contributed by atoms with E-state index < -0.39 is 4.92 Å². The molecule has 1 heterocycles. The van der Waals surface area contributed by atoms with Gasteiger partial charge in [-0.3, -0.25) is 10.1 Å². The van der Waals surface area contributed by atoms with E-state index in [9.17, 15) is 10.1 Å². The Morgan fingerprint density at radius 1 is 1.26 bits per heavy atom. The zero-order valence-corrected chi connectivity index (χ0v) is 12.2. The Morgan fingerprint density at radius 2 is 2.09 bits per heavy atom. The molecule has 0 spiro atoms. The van der Waals surface area contributed by atoms with E-state index in [-0.39, 0.29) is 5.69 Å². The average Bonchev–Trinajstić information content (AvgIpc) is 2.98. The second-order valence-electron chi connectivity index (χ2n) is 5.14. The molecule has 1 aromatic heterocycles. The minimum atomic E-state index is -0.449. The maximum Gasteiger partial charge on any atom is 0.292 e. The van der Waals surface area contributed by atoms with Gasteiger partial charge in [-0.15, -0.1) is 0 Å². The van der Waals surface area contributed by atoms with Crippen molar-refractivity contribution in [3.63, 3.8) is 0 Å². The van der Waals surface area contributed by atoms with Crippen molar-refractivity contribution in [1.82, 2.24) is 4.98 Å². The number of para-hydroxylation sites is 1. The largest absolute Gasteiger partial charge is 0.379 e. The molecule has 2 N–H and O–H groups in total. The van der Waals surface area contributed by atoms with Crippen molar-refractivity contribution in [2.75, 3.05) is 11.9 Å². The zero-order chi connectivity index (χ0) is 16.2. The Labute approximate surface area is 132 Å². The third kappa shape index (κ3) is 2.99. The molecule has 3 rings (SSSR count). The first-order valence-electron chi connectivity index (χ1n) is 7.16. The molecular weight excluding hydrogens is 292 g/mol. The number of fused-ring (bicyclic) bond motifs is 1. The highest BCUT2D eigenvalue weighted by Gasteiger charge is 2.14. The number of anilines is 1. The summed E-state index contributed by atoms with van der Waals surface area (Å²) in [5.74, 6) is 0. The number of hydrogen-bond acceptors (Lipinski definition) is 4. The Bertz CT molecular complexity index is 908. The van der Waals surface area contributed by atoms with E-state index >= 15 is 0 Å². The van der Waals surface area contributed by atoms with Crippen LogP contribution in [-0.2, 0) is 6.42 Å². The maximum absolute atomic E-state index is 11.1. The van der Waals surface area contributed by atoms with Gasteiger partial charge in [-0.05, 0) is 30.2 Å². The number of nitrogens with one attached hydrogen (secondary N) is 2. The summed E-state index contributed by atoms with van der Waals surface area (Å²) in [7, 11) is 0. The molecule has 0 unspecified atom stereocenters. The van der Waals surface area contributed by atoms with Crippen molar-refractivity contribution in [2.24, 2.45) is 0 Å². The smallest absolute Gasteiger partial charge is 0.292 e. The van der Waals surface area contributed by atoms with Crippen molar-refractivity contribution >= 4 is 22.3 Å². The van der Waals surface area contributed by atoms with Gasteiger partial charge < -0.3 is 10.3 Å². The number of hydrogen-bond donors (Lipinski definition) is 2. The zero-order valence-electron chi connectivity index (χ0n) is 12.2. The van der Waals surface area contributed by atoms with Crippen LogP contribution in [0.4, 0.5) is 11.4 Å². The fourth-order valence-electron chi connectivity index (χ4n) is 2.58. The van der Waals surface area contributed by atoms with Crippen LogP contribution in [0.15, 0.2) is 48.7 Å². The summed E-state index contributed by atoms with van der Waals surface area (Å²) in [5, 5.41) is 24.2. The molecule has 2 aromatic carbocycles. The van der Waals surface area contributed by atoms with E-state index in [1.54, 1.807) is 0 Å². The average molecular weight is 306 g/mol. The molecule has 6 nitrogen and oxygen atoms in total. The molecule has 0 amide bonds. The van der Waals surface area contributed by atoms with Crippen molar-refractivity contribution in [2.45, 2.75) is 6.42 Å². The lowest BCUT2D eigenvalue weighted by Gasteiger charge is -2.07. The van der Waals surface area contributed by atoms with Crippen LogP contribution >= 0.6 is 0 Å². The van der Waals surface area contributed by atoms with Gasteiger partial charge in [0.15, 0.2) is 0 Å². The minimum Gasteiger partial charge on any atom is -0.379 e. The van der Waals surface area contributed by atoms with Gasteiger partial charge in [0.1, 0.15) is 5.69 Å². The molecule has 0 saturated carbocycles. The van der Waals surface area contributed by atoms with Crippen molar-refractivity contribution in [3.8, 4) is 6.07 Å². The van der Waals surface area contributed by atoms with Gasteiger partial charge in [0, 0.05) is 29.7 Å². The number of rotatable bonds is 5. The monoisotopic (exact) mass is 306 g/mol. The molecule has 23 heavy (non-hydrogen) atoms. The molecule has 0 aliphatic heterocycles. The number of nitriles is 1. The van der Waals surface area contributed by atoms with Crippen LogP contribution in [-0.4, -0.2) is 16.5 Å². The molecule has 0 saturated heterocycles. The first-order chi connectivity index (χ1) is 11.2. The maximum atomic E-state index is 11.1. The Hall–Kier alpha value is -3.33. The first kappa shape index (κ1) is 14.6. The quantitative estimate of drug-likeness (QED) is 0.556. The van der Waals surface area contributed by atoms with Gasteiger partial charge in [-0.2, -0.15) is 5.26 Å². The third-order valence-electron chi connectivity index (χ3n) is 3.71. The Kier molecular flexibility index (Phi) is 3.93. The van der Waals surface area contributed by atoms with Gasteiger partial charge in [0.25, 0.3) is 5.69 Å². The highest BCUT2D eigenvalue weighted by Crippen LogP contribution is 2.25. The Morgan fingerprint density at radius 3 is 2.87 bits per heavy atom. The SMILES string of the molecule is N#Cc1ccc([N+](=O)[O-])c(NCCc2c[nH]c3ccccc23)c1. The second-order valence-corrected chi connectivity index (χ2v) is 5.14. The van der Waals surface area contributed by atoms with Crippen molar-refractivity contribution in [3.05, 3.63) is 69.9 Å². The van der Waals surface area contributed by atoms with Gasteiger partial charge in [0.05, 0.1) is 16.6 Å². The van der Waals surface area contributed by atoms with Crippen LogP contribution in [0.1, 0.15) is 11.1 Å². The van der Waals surface area contributed by atoms with Crippen molar-refractivity contribution in [1.29, 1.82) is 5.26 Å². The standard InChI is InChI=1S/C17H14N4O2/c18-10-12-5-6-17(21(22)23)16(9-12)19-8-7-13-11-20-15-4-2-1-3-14(13)15/h1-6,9,11,19-20H,7-8H2. The van der Waals surface area contributed by atoms with E-state index in [0.29, 0.717) is 17.8 Å². The number of nitro benzene ring substituents is 1. The van der Waals surface area contributed by atoms with E-state index in [4.69, 9.17) is 5.26 Å². The molecule has 0 aliphatic carbocycles. The summed E-state index contributed by atoms with van der Waals surface area (Å²) in [6, 6.07) is 14.3. The van der Waals surface area contributed by atoms with Gasteiger partial charge in [-0.1, -0.05) is 18.2 Å². The topological polar surface area (TPSA) is 94.8 Å². The summed E-state index contributed by atoms with van der Waals surface area (Å²) in [6.07, 6.45) is 2.67. The number of benzene rings is 2. The predicted octanol–water partition coefficient (Wildman–Crippen LogP) is 3.60. The summed E-state index contributed by atoms with van der Waals surface area (Å²) < 4.78 is 0. The van der Waals surface area contributed by atoms with Crippen LogP contribution < -0.4 is 5.32 Å². The predicted molar refractivity (Wildman–Crippen MR) is 88.3 cm³/mol. The van der Waals surface area contributed by atoms with Crippen molar-refractivity contribution < 1.29 is 4.92 Å². The third-order valence-corrected chi connectivity index (χ3v) is 3.71. The summed E-state index contributed by atoms with van der Waals surface area (Å²) in [4.78, 5) is 13.8. The molecule has 0 aliphatic rings. The van der Waals surface area contributed by atoms with E-state index in [1.165, 1.54) is 18.2 Å². The van der Waals surface area contributed by atoms with E-state index in [0.717, 1.165) is 22.9 Å². The van der Waals surface area contributed by atoms with Gasteiger partial charge in [-0.25, -0.2) is 0 Å². The number of nitrogens with zero attached hydrogens (tertiary/aromatic N) is 2. The number of aromatic amines is 1. The second kappa shape index (κ2) is 6.20. The summed E-state index contributed by atoms with van der Waals surface area (Å²) >= 11 is 0. The molecule has 3 aromatic rings. The normalized spacial score (nSPS) is 10.4. The van der Waals surface area contributed by atoms with Crippen LogP contribution in [0.25, 0.3) is 10.9 Å². The van der Waals surface area contributed by atoms with Gasteiger partial charge >= 0.3 is 0 Å². The lowest BCUT2D eigenvalue weighted by Crippen LogP contribution is -2.07. The van der Waals surface area contributed by atoms with Crippen LogP contribution in [0.3, 0.4) is 0 Å². The molecule has 0 atom stereocenters. The Balaban J connectivity index is 1.76. The number of aromatic nitrogens is 1. The lowest BCUT2D eigenvalue weighted by molar-refractivity contribution is -0.384. The highest BCUT2D eigenvalue weighted by atomic mass is 16.6. The summed E-state index contributed by atoms with van der Waals surface area (Å²) in [6.45, 7) is 0.539. The molecule has 0 bridgehead atoms. The number of H-pyrrole nitrogens is 1. The fraction of sp³-hybridized carbons (Fsp3) is 0.118. The van der Waals surface area contributed by atoms with Crippen LogP contribution in [0.5, 0.6) is 0 Å². The molecule has 114 valence electrons. The molecule has 0 fully saturated rings. The number of nitro groups is 1. The first-order valence-corrected chi connectivity index (χ1v) is 7.16. The molecule has 0 radical (unpaired) electrons. The van der Waals surface area contributed by atoms with Crippen LogP contribution in [0, 0.1) is 21.4 Å². The lowest BCUT2D eigenvalue weighted by atomic mass is 10.1. The van der Waals surface area contributed by atoms with E-state index in [1.807, 2.05) is 36.5 Å². The highest BCUT2D eigenvalue weighted by molar-refractivity contribution is 5.83. The van der Waals surface area contributed by atoms with Crippen LogP contribution in [0.2, 0.25) is 0 Å². The van der Waals surface area contributed by atoms with Gasteiger partial charge in [0.2, 0.25) is 0 Å². The molecular formula is C17H14N4O2. The minimum absolute atomic E-state index is 0.0251. The summed E-state index contributed by atoms with van der Waals surface area (Å²) in [5.41, 5.74) is 2.95. The van der Waals surface area contributed by atoms with E-state index in [2.05, 4.69) is 10.3 Å². The molecule has 6 heteroatoms. The fourth-order valence-corrected chi connectivity index (χ4v) is 2.58.